The molecule has 50 heavy (non-hydrogen) atoms. The fourth-order valence-corrected chi connectivity index (χ4v) is 7.57. The number of carboxylic acid groups (broad SMARTS) is 1. The molecule has 2 heterocycles. The highest BCUT2D eigenvalue weighted by Crippen LogP contribution is 2.43. The average molecular weight is 714 g/mol. The molecule has 11 heteroatoms. The number of hydrogen-bond donors (Lipinski definition) is 3. The lowest BCUT2D eigenvalue weighted by atomic mass is 9.91. The van der Waals surface area contributed by atoms with Crippen LogP contribution in [0, 0.1) is 0 Å². The predicted molar refractivity (Wildman–Crippen MR) is 195 cm³/mol. The maximum Gasteiger partial charge on any atom is 0.305 e. The molecule has 0 spiro atoms. The first-order valence-electron chi connectivity index (χ1n) is 16.5. The molecule has 0 aromatic heterocycles. The van der Waals surface area contributed by atoms with Crippen molar-refractivity contribution in [2.24, 2.45) is 11.5 Å². The number of benzene rings is 4. The quantitative estimate of drug-likeness (QED) is 0.197. The minimum absolute atomic E-state index is 0.0197. The SMILES string of the molecule is CC(=O)C[C@H](N)C(=O)N1CCc2ccc(-c3cccc(-c4cccc(-c5ccc6c(c5)CN(C(=O)[C@@H](N)CC(=O)O)CC6)c4Cl)c3Cl)cc2C1. The molecule has 0 fully saturated rings. The van der Waals surface area contributed by atoms with Crippen LogP contribution in [0.3, 0.4) is 0 Å². The number of nitrogens with two attached hydrogens (primary N) is 2. The largest absolute Gasteiger partial charge is 0.481 e. The Labute approximate surface area is 300 Å². The Hall–Kier alpha value is -4.54. The molecule has 0 unspecified atom stereocenters. The smallest absolute Gasteiger partial charge is 0.305 e. The molecule has 0 saturated carbocycles. The van der Waals surface area contributed by atoms with E-state index in [0.717, 1.165) is 55.6 Å². The first-order chi connectivity index (χ1) is 23.9. The Morgan fingerprint density at radius 2 is 1.08 bits per heavy atom. The zero-order chi connectivity index (χ0) is 35.7. The zero-order valence-corrected chi connectivity index (χ0v) is 29.1. The van der Waals surface area contributed by atoms with Crippen molar-refractivity contribution in [1.82, 2.24) is 9.80 Å². The first kappa shape index (κ1) is 35.3. The van der Waals surface area contributed by atoms with Crippen molar-refractivity contribution in [1.29, 1.82) is 0 Å². The van der Waals surface area contributed by atoms with E-state index in [4.69, 9.17) is 39.8 Å². The summed E-state index contributed by atoms with van der Waals surface area (Å²) in [5.41, 5.74) is 21.1. The van der Waals surface area contributed by atoms with Crippen LogP contribution < -0.4 is 11.5 Å². The molecule has 0 saturated heterocycles. The summed E-state index contributed by atoms with van der Waals surface area (Å²) in [5.74, 6) is -1.83. The van der Waals surface area contributed by atoms with Crippen molar-refractivity contribution in [3.63, 3.8) is 0 Å². The number of Topliss-reactive ketones (excluding diaryl/α,β-unsaturated/α-hetero) is 1. The van der Waals surface area contributed by atoms with Gasteiger partial charge in [0.2, 0.25) is 11.8 Å². The second-order valence-corrected chi connectivity index (χ2v) is 13.8. The predicted octanol–water partition coefficient (Wildman–Crippen LogP) is 5.87. The summed E-state index contributed by atoms with van der Waals surface area (Å²) in [7, 11) is 0. The lowest BCUT2D eigenvalue weighted by Crippen LogP contribution is -2.46. The number of halogens is 2. The number of hydrogen-bond acceptors (Lipinski definition) is 6. The highest BCUT2D eigenvalue weighted by Gasteiger charge is 2.28. The van der Waals surface area contributed by atoms with Gasteiger partial charge in [-0.25, -0.2) is 0 Å². The second-order valence-electron chi connectivity index (χ2n) is 13.0. The number of fused-ring (bicyclic) bond motifs is 2. The summed E-state index contributed by atoms with van der Waals surface area (Å²) < 4.78 is 0. The van der Waals surface area contributed by atoms with Crippen LogP contribution in [-0.4, -0.2) is 63.6 Å². The zero-order valence-electron chi connectivity index (χ0n) is 27.6. The van der Waals surface area contributed by atoms with E-state index < -0.39 is 24.5 Å². The van der Waals surface area contributed by atoms with E-state index in [1.54, 1.807) is 9.80 Å². The summed E-state index contributed by atoms with van der Waals surface area (Å²) in [5, 5.41) is 10.1. The van der Waals surface area contributed by atoms with Crippen molar-refractivity contribution in [2.75, 3.05) is 13.1 Å². The molecule has 2 aliphatic heterocycles. The monoisotopic (exact) mass is 712 g/mol. The van der Waals surface area contributed by atoms with Gasteiger partial charge >= 0.3 is 5.97 Å². The van der Waals surface area contributed by atoms with Crippen LogP contribution in [0.2, 0.25) is 10.0 Å². The molecule has 9 nitrogen and oxygen atoms in total. The summed E-state index contributed by atoms with van der Waals surface area (Å²) in [6, 6.07) is 21.9. The minimum atomic E-state index is -1.11. The number of amides is 2. The Bertz CT molecular complexity index is 1870. The number of aliphatic carboxylic acids is 1. The molecule has 4 aromatic carbocycles. The van der Waals surface area contributed by atoms with Crippen LogP contribution in [0.15, 0.2) is 72.8 Å². The van der Waals surface area contributed by atoms with Crippen LogP contribution in [0.1, 0.15) is 42.0 Å². The van der Waals surface area contributed by atoms with Crippen LogP contribution in [-0.2, 0) is 45.1 Å². The second kappa shape index (κ2) is 14.7. The van der Waals surface area contributed by atoms with Gasteiger partial charge in [-0.2, -0.15) is 0 Å². The van der Waals surface area contributed by atoms with Gasteiger partial charge in [0.15, 0.2) is 0 Å². The number of ketones is 1. The topological polar surface area (TPSA) is 147 Å². The lowest BCUT2D eigenvalue weighted by Gasteiger charge is -2.31. The number of rotatable bonds is 9. The molecule has 0 aliphatic carbocycles. The molecule has 0 bridgehead atoms. The van der Waals surface area contributed by atoms with Crippen LogP contribution in [0.4, 0.5) is 0 Å². The van der Waals surface area contributed by atoms with Gasteiger partial charge in [-0.05, 0) is 65.3 Å². The number of carboxylic acids is 1. The average Bonchev–Trinajstić information content (AvgIpc) is 3.09. The van der Waals surface area contributed by atoms with Crippen molar-refractivity contribution < 1.29 is 24.3 Å². The van der Waals surface area contributed by atoms with Crippen LogP contribution in [0.5, 0.6) is 0 Å². The summed E-state index contributed by atoms with van der Waals surface area (Å²) in [6.07, 6.45) is 0.937. The first-order valence-corrected chi connectivity index (χ1v) is 17.3. The Balaban J connectivity index is 1.27. The van der Waals surface area contributed by atoms with E-state index >= 15 is 0 Å². The molecular formula is C39H38Cl2N4O5. The third-order valence-corrected chi connectivity index (χ3v) is 10.3. The van der Waals surface area contributed by atoms with Gasteiger partial charge in [-0.1, -0.05) is 83.9 Å². The molecule has 6 rings (SSSR count). The molecular weight excluding hydrogens is 675 g/mol. The van der Waals surface area contributed by atoms with Gasteiger partial charge in [0.25, 0.3) is 0 Å². The van der Waals surface area contributed by atoms with Gasteiger partial charge < -0.3 is 26.4 Å². The van der Waals surface area contributed by atoms with Gasteiger partial charge in [0.05, 0.1) is 28.5 Å². The third-order valence-electron chi connectivity index (χ3n) is 9.51. The maximum atomic E-state index is 13.0. The highest BCUT2D eigenvalue weighted by atomic mass is 35.5. The molecule has 258 valence electrons. The summed E-state index contributed by atoms with van der Waals surface area (Å²) in [6.45, 7) is 3.19. The molecule has 5 N–H and O–H groups in total. The summed E-state index contributed by atoms with van der Waals surface area (Å²) >= 11 is 14.3. The minimum Gasteiger partial charge on any atom is -0.481 e. The van der Waals surface area contributed by atoms with Gasteiger partial charge in [0.1, 0.15) is 5.78 Å². The lowest BCUT2D eigenvalue weighted by molar-refractivity contribution is -0.142. The van der Waals surface area contributed by atoms with Crippen molar-refractivity contribution in [2.45, 2.75) is 57.8 Å². The van der Waals surface area contributed by atoms with E-state index in [1.807, 2.05) is 60.7 Å². The van der Waals surface area contributed by atoms with E-state index in [1.165, 1.54) is 6.92 Å². The normalized spacial score (nSPS) is 15.1. The summed E-state index contributed by atoms with van der Waals surface area (Å²) in [4.78, 5) is 51.8. The van der Waals surface area contributed by atoms with Crippen molar-refractivity contribution >= 4 is 46.8 Å². The van der Waals surface area contributed by atoms with Crippen LogP contribution >= 0.6 is 23.2 Å². The van der Waals surface area contributed by atoms with Crippen LogP contribution in [0.25, 0.3) is 33.4 Å². The van der Waals surface area contributed by atoms with E-state index in [-0.39, 0.29) is 24.0 Å². The van der Waals surface area contributed by atoms with Gasteiger partial charge in [-0.3, -0.25) is 19.2 Å². The molecule has 2 atom stereocenters. The Morgan fingerprint density at radius 1 is 0.660 bits per heavy atom. The third kappa shape index (κ3) is 7.32. The van der Waals surface area contributed by atoms with E-state index in [9.17, 15) is 19.2 Å². The molecule has 2 amide bonds. The number of carbonyl (C=O) groups is 4. The van der Waals surface area contributed by atoms with E-state index in [0.29, 0.717) is 49.1 Å². The maximum absolute atomic E-state index is 13.0. The van der Waals surface area contributed by atoms with E-state index in [2.05, 4.69) is 12.1 Å². The Kier molecular flexibility index (Phi) is 10.4. The number of carbonyl (C=O) groups excluding carboxylic acids is 3. The molecule has 2 aliphatic rings. The number of nitrogens with zero attached hydrogens (tertiary/aromatic N) is 2. The van der Waals surface area contributed by atoms with Gasteiger partial charge in [-0.15, -0.1) is 0 Å². The standard InChI is InChI=1S/C39H38Cl2N4O5/c1-22(46)16-33(42)38(49)44-14-12-23-8-10-25(17-27(23)20-44)29-4-2-6-31(36(29)40)32-7-3-5-30(37(32)41)26-11-9-24-13-15-45(21-28(24)18-26)39(50)34(43)19-35(47)48/h2-11,17-18,33-34H,12-16,19-21,42-43H2,1H3,(H,47,48)/t33-,34-/m0/s1. The fraction of sp³-hybridized carbons (Fsp3) is 0.282. The molecule has 4 aromatic rings. The molecule has 0 radical (unpaired) electrons. The van der Waals surface area contributed by atoms with Crippen molar-refractivity contribution in [3.05, 3.63) is 105 Å². The fourth-order valence-electron chi connectivity index (χ4n) is 6.89. The van der Waals surface area contributed by atoms with Gasteiger partial charge in [0, 0.05) is 54.9 Å². The highest BCUT2D eigenvalue weighted by molar-refractivity contribution is 6.39. The van der Waals surface area contributed by atoms with Crippen molar-refractivity contribution in [3.8, 4) is 33.4 Å². The Morgan fingerprint density at radius 3 is 1.50 bits per heavy atom.